The van der Waals surface area contributed by atoms with Crippen molar-refractivity contribution >= 4 is 11.6 Å². The minimum absolute atomic E-state index is 0.563. The molecule has 4 heteroatoms. The average Bonchev–Trinajstić information content (AvgIpc) is 2.56. The lowest BCUT2D eigenvalue weighted by Gasteiger charge is -2.07. The Balaban J connectivity index is 1.85. The van der Waals surface area contributed by atoms with Gasteiger partial charge in [0.15, 0.2) is 0 Å². The van der Waals surface area contributed by atoms with E-state index in [1.807, 2.05) is 12.1 Å². The number of hydrogen-bond donors (Lipinski definition) is 2. The zero-order chi connectivity index (χ0) is 14.5. The second-order valence-electron chi connectivity index (χ2n) is 4.68. The van der Waals surface area contributed by atoms with Crippen LogP contribution in [0, 0.1) is 0 Å². The molecule has 3 N–H and O–H groups in total. The molecule has 0 aliphatic rings. The Bertz CT molecular complexity index is 708. The number of nitrogens with two attached hydrogens (primary N) is 1. The third kappa shape index (κ3) is 3.24. The molecule has 4 nitrogen and oxygen atoms in total. The molecule has 0 radical (unpaired) electrons. The first-order valence-corrected chi connectivity index (χ1v) is 6.78. The van der Waals surface area contributed by atoms with Gasteiger partial charge in [-0.25, -0.2) is 9.97 Å². The summed E-state index contributed by atoms with van der Waals surface area (Å²) < 4.78 is 0. The minimum Gasteiger partial charge on any atom is -0.326 e. The van der Waals surface area contributed by atoms with Crippen LogP contribution in [0.5, 0.6) is 0 Å². The van der Waals surface area contributed by atoms with Crippen LogP contribution in [0.3, 0.4) is 0 Å². The summed E-state index contributed by atoms with van der Waals surface area (Å²) >= 11 is 0. The lowest BCUT2D eigenvalue weighted by molar-refractivity contribution is 1.07. The maximum absolute atomic E-state index is 5.62. The van der Waals surface area contributed by atoms with E-state index in [-0.39, 0.29) is 0 Å². The van der Waals surface area contributed by atoms with E-state index in [1.54, 1.807) is 18.5 Å². The lowest BCUT2D eigenvalue weighted by Crippen LogP contribution is -1.96. The van der Waals surface area contributed by atoms with Crippen LogP contribution in [0.2, 0.25) is 0 Å². The quantitative estimate of drug-likeness (QED) is 0.767. The van der Waals surface area contributed by atoms with E-state index >= 15 is 0 Å². The second-order valence-corrected chi connectivity index (χ2v) is 4.68. The smallest absolute Gasteiger partial charge is 0.227 e. The fraction of sp³-hybridized carbons (Fsp3) is 0.0588. The highest BCUT2D eigenvalue weighted by atomic mass is 15.1. The standard InChI is InChI=1S/C17H16N4/c18-12-13-5-7-14(8-6-13)15-3-1-4-16(11-15)21-17-19-9-2-10-20-17/h1-11H,12,18H2,(H,19,20,21). The van der Waals surface area contributed by atoms with E-state index in [0.29, 0.717) is 12.5 Å². The average molecular weight is 276 g/mol. The molecule has 0 fully saturated rings. The van der Waals surface area contributed by atoms with E-state index < -0.39 is 0 Å². The molecule has 0 aliphatic carbocycles. The van der Waals surface area contributed by atoms with Gasteiger partial charge in [0.2, 0.25) is 5.95 Å². The van der Waals surface area contributed by atoms with E-state index in [2.05, 4.69) is 51.7 Å². The number of rotatable bonds is 4. The summed E-state index contributed by atoms with van der Waals surface area (Å²) in [5.74, 6) is 0.591. The van der Waals surface area contributed by atoms with Gasteiger partial charge in [0.05, 0.1) is 0 Å². The van der Waals surface area contributed by atoms with Crippen LogP contribution in [0.1, 0.15) is 5.56 Å². The Morgan fingerprint density at radius 3 is 2.33 bits per heavy atom. The molecular weight excluding hydrogens is 260 g/mol. The molecule has 1 aromatic heterocycles. The van der Waals surface area contributed by atoms with Crippen LogP contribution in [0.4, 0.5) is 11.6 Å². The highest BCUT2D eigenvalue weighted by Crippen LogP contribution is 2.24. The van der Waals surface area contributed by atoms with Crippen LogP contribution >= 0.6 is 0 Å². The van der Waals surface area contributed by atoms with Crippen molar-refractivity contribution in [3.63, 3.8) is 0 Å². The van der Waals surface area contributed by atoms with Gasteiger partial charge in [0, 0.05) is 24.6 Å². The van der Waals surface area contributed by atoms with Crippen molar-refractivity contribution in [2.75, 3.05) is 5.32 Å². The summed E-state index contributed by atoms with van der Waals surface area (Å²) in [6, 6.07) is 18.2. The van der Waals surface area contributed by atoms with Gasteiger partial charge in [-0.3, -0.25) is 0 Å². The predicted octanol–water partition coefficient (Wildman–Crippen LogP) is 3.35. The fourth-order valence-electron chi connectivity index (χ4n) is 2.10. The Morgan fingerprint density at radius 1 is 0.857 bits per heavy atom. The van der Waals surface area contributed by atoms with E-state index in [1.165, 1.54) is 0 Å². The van der Waals surface area contributed by atoms with Crippen LogP contribution < -0.4 is 11.1 Å². The van der Waals surface area contributed by atoms with Gasteiger partial charge in [0.1, 0.15) is 0 Å². The van der Waals surface area contributed by atoms with Gasteiger partial charge in [-0.05, 0) is 34.9 Å². The Kier molecular flexibility index (Phi) is 3.89. The zero-order valence-corrected chi connectivity index (χ0v) is 11.5. The molecular formula is C17H16N4. The summed E-state index contributed by atoms with van der Waals surface area (Å²) in [5.41, 5.74) is 10.0. The van der Waals surface area contributed by atoms with Crippen LogP contribution in [0.15, 0.2) is 67.0 Å². The number of anilines is 2. The van der Waals surface area contributed by atoms with E-state index in [4.69, 9.17) is 5.73 Å². The zero-order valence-electron chi connectivity index (χ0n) is 11.5. The molecule has 1 heterocycles. The molecule has 2 aromatic carbocycles. The van der Waals surface area contributed by atoms with Crippen molar-refractivity contribution in [3.05, 3.63) is 72.6 Å². The summed E-state index contributed by atoms with van der Waals surface area (Å²) in [6.45, 7) is 0.563. The molecule has 0 saturated carbocycles. The van der Waals surface area contributed by atoms with Crippen LogP contribution in [-0.2, 0) is 6.54 Å². The largest absolute Gasteiger partial charge is 0.326 e. The van der Waals surface area contributed by atoms with E-state index in [9.17, 15) is 0 Å². The lowest BCUT2D eigenvalue weighted by atomic mass is 10.0. The normalized spacial score (nSPS) is 10.3. The number of nitrogens with one attached hydrogen (secondary N) is 1. The van der Waals surface area contributed by atoms with Crippen molar-refractivity contribution in [3.8, 4) is 11.1 Å². The van der Waals surface area contributed by atoms with Crippen molar-refractivity contribution < 1.29 is 0 Å². The Hall–Kier alpha value is -2.72. The molecule has 0 bridgehead atoms. The highest BCUT2D eigenvalue weighted by Gasteiger charge is 2.01. The summed E-state index contributed by atoms with van der Waals surface area (Å²) in [6.07, 6.45) is 3.43. The topological polar surface area (TPSA) is 63.8 Å². The molecule has 3 aromatic rings. The molecule has 0 aliphatic heterocycles. The second kappa shape index (κ2) is 6.15. The first-order chi connectivity index (χ1) is 10.3. The molecule has 0 amide bonds. The first-order valence-electron chi connectivity index (χ1n) is 6.78. The summed E-state index contributed by atoms with van der Waals surface area (Å²) in [5, 5.41) is 3.19. The fourth-order valence-corrected chi connectivity index (χ4v) is 2.10. The van der Waals surface area contributed by atoms with Gasteiger partial charge >= 0.3 is 0 Å². The monoisotopic (exact) mass is 276 g/mol. The molecule has 0 atom stereocenters. The molecule has 3 rings (SSSR count). The number of nitrogens with zero attached hydrogens (tertiary/aromatic N) is 2. The van der Waals surface area contributed by atoms with Crippen molar-refractivity contribution in [2.45, 2.75) is 6.54 Å². The van der Waals surface area contributed by atoms with Crippen LogP contribution in [0.25, 0.3) is 11.1 Å². The Morgan fingerprint density at radius 2 is 1.62 bits per heavy atom. The van der Waals surface area contributed by atoms with Crippen molar-refractivity contribution in [2.24, 2.45) is 5.73 Å². The molecule has 0 unspecified atom stereocenters. The number of benzene rings is 2. The number of hydrogen-bond acceptors (Lipinski definition) is 4. The van der Waals surface area contributed by atoms with Crippen molar-refractivity contribution in [1.29, 1.82) is 0 Å². The molecule has 0 saturated heterocycles. The maximum Gasteiger partial charge on any atom is 0.227 e. The van der Waals surface area contributed by atoms with Crippen molar-refractivity contribution in [1.82, 2.24) is 9.97 Å². The molecule has 0 spiro atoms. The van der Waals surface area contributed by atoms with Crippen LogP contribution in [-0.4, -0.2) is 9.97 Å². The highest BCUT2D eigenvalue weighted by molar-refractivity contribution is 5.69. The minimum atomic E-state index is 0.563. The molecule has 21 heavy (non-hydrogen) atoms. The van der Waals surface area contributed by atoms with E-state index in [0.717, 1.165) is 22.4 Å². The third-order valence-electron chi connectivity index (χ3n) is 3.21. The van der Waals surface area contributed by atoms with Gasteiger partial charge in [-0.1, -0.05) is 36.4 Å². The SMILES string of the molecule is NCc1ccc(-c2cccc(Nc3ncccn3)c2)cc1. The third-order valence-corrected chi connectivity index (χ3v) is 3.21. The summed E-state index contributed by atoms with van der Waals surface area (Å²) in [7, 11) is 0. The summed E-state index contributed by atoms with van der Waals surface area (Å²) in [4.78, 5) is 8.33. The van der Waals surface area contributed by atoms with Gasteiger partial charge in [-0.15, -0.1) is 0 Å². The maximum atomic E-state index is 5.62. The predicted molar refractivity (Wildman–Crippen MR) is 85.1 cm³/mol. The first kappa shape index (κ1) is 13.3. The van der Waals surface area contributed by atoms with Gasteiger partial charge in [-0.2, -0.15) is 0 Å². The van der Waals surface area contributed by atoms with Gasteiger partial charge in [0.25, 0.3) is 0 Å². The van der Waals surface area contributed by atoms with Gasteiger partial charge < -0.3 is 11.1 Å². The number of aromatic nitrogens is 2. The Labute approximate surface area is 123 Å². The molecule has 104 valence electrons.